The summed E-state index contributed by atoms with van der Waals surface area (Å²) in [4.78, 5) is 0. The van der Waals surface area contributed by atoms with E-state index in [1.807, 2.05) is 0 Å². The lowest BCUT2D eigenvalue weighted by atomic mass is 10.0. The third-order valence-electron chi connectivity index (χ3n) is 3.84. The number of hydrogen-bond acceptors (Lipinski definition) is 1. The lowest BCUT2D eigenvalue weighted by Crippen LogP contribution is -1.91. The number of epoxide rings is 1. The van der Waals surface area contributed by atoms with Crippen LogP contribution in [0.5, 0.6) is 0 Å². The van der Waals surface area contributed by atoms with E-state index in [1.165, 1.54) is 77.0 Å². The van der Waals surface area contributed by atoms with Gasteiger partial charge in [-0.05, 0) is 6.42 Å². The van der Waals surface area contributed by atoms with E-state index in [-0.39, 0.29) is 6.10 Å². The van der Waals surface area contributed by atoms with E-state index >= 15 is 0 Å². The van der Waals surface area contributed by atoms with Crippen LogP contribution in [0.4, 0.5) is 0 Å². The highest BCUT2D eigenvalue weighted by atomic mass is 16.6. The fourth-order valence-electron chi connectivity index (χ4n) is 2.52. The average Bonchev–Trinajstić information content (AvgIpc) is 3.14. The highest BCUT2D eigenvalue weighted by Gasteiger charge is 2.35. The quantitative estimate of drug-likeness (QED) is 0.267. The van der Waals surface area contributed by atoms with Gasteiger partial charge in [-0.3, -0.25) is 0 Å². The molecule has 1 rings (SSSR count). The fourth-order valence-corrected chi connectivity index (χ4v) is 2.52. The molecule has 0 amide bonds. The van der Waals surface area contributed by atoms with Crippen molar-refractivity contribution in [2.75, 3.05) is 0 Å². The van der Waals surface area contributed by atoms with Gasteiger partial charge in [0, 0.05) is 0 Å². The Balaban J connectivity index is 1.68. The molecule has 1 aliphatic heterocycles. The second kappa shape index (κ2) is 10.4. The van der Waals surface area contributed by atoms with Crippen molar-refractivity contribution in [3.63, 3.8) is 0 Å². The lowest BCUT2D eigenvalue weighted by Gasteiger charge is -2.01. The van der Waals surface area contributed by atoms with Gasteiger partial charge in [-0.15, -0.1) is 6.42 Å². The first-order valence-electron chi connectivity index (χ1n) is 8.00. The summed E-state index contributed by atoms with van der Waals surface area (Å²) < 4.78 is 5.32. The van der Waals surface area contributed by atoms with Crippen LogP contribution in [0.25, 0.3) is 0 Å². The van der Waals surface area contributed by atoms with Gasteiger partial charge in [0.15, 0.2) is 0 Å². The van der Waals surface area contributed by atoms with E-state index in [0.29, 0.717) is 6.10 Å². The Morgan fingerprint density at radius 1 is 0.833 bits per heavy atom. The molecule has 1 nitrogen and oxygen atoms in total. The van der Waals surface area contributed by atoms with Gasteiger partial charge < -0.3 is 4.74 Å². The van der Waals surface area contributed by atoms with Gasteiger partial charge in [0.2, 0.25) is 0 Å². The van der Waals surface area contributed by atoms with E-state index in [1.54, 1.807) is 0 Å². The molecule has 104 valence electrons. The van der Waals surface area contributed by atoms with E-state index in [9.17, 15) is 0 Å². The molecule has 1 aliphatic rings. The van der Waals surface area contributed by atoms with Gasteiger partial charge in [0.25, 0.3) is 0 Å². The second-order valence-electron chi connectivity index (χ2n) is 5.59. The van der Waals surface area contributed by atoms with Crippen LogP contribution in [0.2, 0.25) is 0 Å². The van der Waals surface area contributed by atoms with Crippen molar-refractivity contribution in [2.24, 2.45) is 0 Å². The number of terminal acetylenes is 1. The molecule has 1 heteroatoms. The van der Waals surface area contributed by atoms with Crippen LogP contribution >= 0.6 is 0 Å². The van der Waals surface area contributed by atoms with Crippen LogP contribution in [0.3, 0.4) is 0 Å². The molecule has 0 bridgehead atoms. The summed E-state index contributed by atoms with van der Waals surface area (Å²) in [7, 11) is 0. The second-order valence-corrected chi connectivity index (χ2v) is 5.59. The minimum atomic E-state index is 0.146. The Morgan fingerprint density at radius 3 is 1.78 bits per heavy atom. The van der Waals surface area contributed by atoms with Crippen molar-refractivity contribution in [1.82, 2.24) is 0 Å². The van der Waals surface area contributed by atoms with Gasteiger partial charge in [0.1, 0.15) is 6.10 Å². The largest absolute Gasteiger partial charge is 0.356 e. The highest BCUT2D eigenvalue weighted by Crippen LogP contribution is 2.26. The molecule has 0 aromatic rings. The first kappa shape index (κ1) is 15.6. The first-order valence-corrected chi connectivity index (χ1v) is 8.00. The first-order chi connectivity index (χ1) is 8.88. The predicted octanol–water partition coefficient (Wildman–Crippen LogP) is 5.09. The molecule has 0 aromatic heterocycles. The molecule has 0 N–H and O–H groups in total. The number of unbranched alkanes of at least 4 members (excludes halogenated alkanes) is 10. The molecule has 1 fully saturated rings. The van der Waals surface area contributed by atoms with E-state index in [4.69, 9.17) is 11.2 Å². The maximum atomic E-state index is 5.32. The highest BCUT2D eigenvalue weighted by molar-refractivity contribution is 5.07. The summed E-state index contributed by atoms with van der Waals surface area (Å²) >= 11 is 0. The Labute approximate surface area is 114 Å². The Morgan fingerprint density at radius 2 is 1.33 bits per heavy atom. The van der Waals surface area contributed by atoms with Crippen LogP contribution in [-0.2, 0) is 4.74 Å². The molecular formula is C17H30O. The van der Waals surface area contributed by atoms with Crippen LogP contribution < -0.4 is 0 Å². The number of rotatable bonds is 12. The van der Waals surface area contributed by atoms with Crippen molar-refractivity contribution >= 4 is 0 Å². The van der Waals surface area contributed by atoms with Crippen LogP contribution in [0, 0.1) is 12.3 Å². The maximum Gasteiger partial charge on any atom is 0.144 e. The van der Waals surface area contributed by atoms with Gasteiger partial charge >= 0.3 is 0 Å². The predicted molar refractivity (Wildman–Crippen MR) is 78.6 cm³/mol. The van der Waals surface area contributed by atoms with E-state index in [0.717, 1.165) is 0 Å². The molecule has 0 spiro atoms. The summed E-state index contributed by atoms with van der Waals surface area (Å²) in [5.41, 5.74) is 0. The molecule has 18 heavy (non-hydrogen) atoms. The zero-order valence-corrected chi connectivity index (χ0v) is 12.1. The summed E-state index contributed by atoms with van der Waals surface area (Å²) in [6.07, 6.45) is 22.4. The normalized spacial score (nSPS) is 21.8. The topological polar surface area (TPSA) is 12.5 Å². The maximum absolute atomic E-state index is 5.32. The smallest absolute Gasteiger partial charge is 0.144 e. The summed E-state index contributed by atoms with van der Waals surface area (Å²) in [6.45, 7) is 2.28. The molecule has 0 aliphatic carbocycles. The SMILES string of the molecule is C#C[C@H]1O[C@H]1CCCCCCCCCCCCC. The van der Waals surface area contributed by atoms with Gasteiger partial charge in [0.05, 0.1) is 6.10 Å². The number of ether oxygens (including phenoxy) is 1. The zero-order valence-electron chi connectivity index (χ0n) is 12.1. The van der Waals surface area contributed by atoms with Crippen LogP contribution in [-0.4, -0.2) is 12.2 Å². The van der Waals surface area contributed by atoms with Gasteiger partial charge in [-0.1, -0.05) is 83.5 Å². The molecular weight excluding hydrogens is 220 g/mol. The minimum Gasteiger partial charge on any atom is -0.356 e. The Kier molecular flexibility index (Phi) is 9.04. The Bertz CT molecular complexity index is 228. The van der Waals surface area contributed by atoms with Crippen molar-refractivity contribution in [3.05, 3.63) is 0 Å². The van der Waals surface area contributed by atoms with Crippen molar-refractivity contribution in [3.8, 4) is 12.3 Å². The van der Waals surface area contributed by atoms with Gasteiger partial charge in [-0.25, -0.2) is 0 Å². The molecule has 1 heterocycles. The molecule has 1 saturated heterocycles. The molecule has 0 aromatic carbocycles. The minimum absolute atomic E-state index is 0.146. The monoisotopic (exact) mass is 250 g/mol. The van der Waals surface area contributed by atoms with E-state index < -0.39 is 0 Å². The lowest BCUT2D eigenvalue weighted by molar-refractivity contribution is 0.374. The third-order valence-corrected chi connectivity index (χ3v) is 3.84. The molecule has 0 saturated carbocycles. The van der Waals surface area contributed by atoms with Crippen LogP contribution in [0.1, 0.15) is 84.0 Å². The molecule has 2 atom stereocenters. The van der Waals surface area contributed by atoms with Crippen molar-refractivity contribution in [2.45, 2.75) is 96.2 Å². The third kappa shape index (κ3) is 7.77. The fraction of sp³-hybridized carbons (Fsp3) is 0.882. The van der Waals surface area contributed by atoms with E-state index in [2.05, 4.69) is 12.8 Å². The standard InChI is InChI=1S/C17H30O/c1-3-5-6-7-8-9-10-11-12-13-14-15-17-16(4-2)18-17/h2,16-17H,3,5-15H2,1H3/t16-,17+/m1/s1. The van der Waals surface area contributed by atoms with Crippen molar-refractivity contribution in [1.29, 1.82) is 0 Å². The summed E-state index contributed by atoms with van der Waals surface area (Å²) in [5, 5.41) is 0. The van der Waals surface area contributed by atoms with Gasteiger partial charge in [-0.2, -0.15) is 0 Å². The summed E-state index contributed by atoms with van der Waals surface area (Å²) in [5.74, 6) is 2.66. The molecule has 0 unspecified atom stereocenters. The summed E-state index contributed by atoms with van der Waals surface area (Å²) in [6, 6.07) is 0. The molecule has 0 radical (unpaired) electrons. The zero-order chi connectivity index (χ0) is 13.1. The average molecular weight is 250 g/mol. The van der Waals surface area contributed by atoms with Crippen molar-refractivity contribution < 1.29 is 4.74 Å². The van der Waals surface area contributed by atoms with Crippen LogP contribution in [0.15, 0.2) is 0 Å². The number of hydrogen-bond donors (Lipinski definition) is 0. The Hall–Kier alpha value is -0.480.